The topological polar surface area (TPSA) is 13.1 Å². The standard InChI is InChI=1S/C51H42O/c1-7-10-17-33(4)34-22-24-35(25-23-34)41-18-13-11-12-14-19-42(40(9-3)39(41)8-2)36-26-27-47-44(28-36)45-29-38-32-50-46(43-20-15-16-21-49(43)52-50)30-37(38)31-48(45)51(47,5)6/h7-32H,1,4H2,2-3,5-6H3/b13-11?,14-12?,17-10-,39-8?,40-9+,41-18?,42-19?. The summed E-state index contributed by atoms with van der Waals surface area (Å²) in [6, 6.07) is 46.3. The van der Waals surface area contributed by atoms with Crippen molar-refractivity contribution in [2.24, 2.45) is 0 Å². The van der Waals surface area contributed by atoms with E-state index < -0.39 is 0 Å². The zero-order valence-corrected chi connectivity index (χ0v) is 30.3. The molecule has 0 saturated carbocycles. The van der Waals surface area contributed by atoms with Gasteiger partial charge in [-0.25, -0.2) is 0 Å². The Hall–Kier alpha value is -6.18. The van der Waals surface area contributed by atoms with Crippen LogP contribution in [0.25, 0.3) is 83.8 Å². The zero-order chi connectivity index (χ0) is 36.0. The van der Waals surface area contributed by atoms with Crippen LogP contribution in [0, 0.1) is 0 Å². The summed E-state index contributed by atoms with van der Waals surface area (Å²) >= 11 is 0. The van der Waals surface area contributed by atoms with Gasteiger partial charge in [-0.05, 0) is 127 Å². The highest BCUT2D eigenvalue weighted by molar-refractivity contribution is 6.11. The molecule has 0 spiro atoms. The maximum Gasteiger partial charge on any atom is 0.136 e. The molecule has 8 rings (SSSR count). The van der Waals surface area contributed by atoms with E-state index in [1.54, 1.807) is 6.08 Å². The maximum absolute atomic E-state index is 6.30. The number of furan rings is 1. The van der Waals surface area contributed by atoms with E-state index in [0.29, 0.717) is 0 Å². The molecule has 0 saturated heterocycles. The summed E-state index contributed by atoms with van der Waals surface area (Å²) in [5.74, 6) is 0. The quantitative estimate of drug-likeness (QED) is 0.166. The number of hydrogen-bond donors (Lipinski definition) is 0. The predicted molar refractivity (Wildman–Crippen MR) is 225 cm³/mol. The summed E-state index contributed by atoms with van der Waals surface area (Å²) in [6.07, 6.45) is 10.2. The summed E-state index contributed by atoms with van der Waals surface area (Å²) in [4.78, 5) is 0. The van der Waals surface area contributed by atoms with Crippen LogP contribution in [-0.4, -0.2) is 0 Å². The van der Waals surface area contributed by atoms with Crippen LogP contribution >= 0.6 is 0 Å². The van der Waals surface area contributed by atoms with Gasteiger partial charge in [0.1, 0.15) is 11.2 Å². The maximum atomic E-state index is 6.30. The molecule has 7 aromatic rings. The Bertz CT molecular complexity index is 2800. The van der Waals surface area contributed by atoms with Crippen molar-refractivity contribution in [1.82, 2.24) is 0 Å². The van der Waals surface area contributed by atoms with Gasteiger partial charge in [0.15, 0.2) is 0 Å². The number of fused-ring (bicyclic) bond motifs is 7. The van der Waals surface area contributed by atoms with Gasteiger partial charge in [-0.3, -0.25) is 0 Å². The lowest BCUT2D eigenvalue weighted by Gasteiger charge is -2.22. The van der Waals surface area contributed by atoms with Crippen LogP contribution in [0.4, 0.5) is 0 Å². The number of benzene rings is 5. The zero-order valence-electron chi connectivity index (χ0n) is 30.3. The number of para-hydroxylation sites is 1. The fourth-order valence-corrected chi connectivity index (χ4v) is 8.06. The SMILES string of the molecule is C=C/C=C\C(=C)c1ccc(-c2ccccccc(-c3ccc4c(c3)-c3cc5cc6oc7ccccc7c6cc5cc3C4(C)C)/c(=C/C)c2=CC)cc1. The molecule has 0 atom stereocenters. The number of hydrogen-bond acceptors (Lipinski definition) is 1. The normalized spacial score (nSPS) is 13.8. The largest absolute Gasteiger partial charge is 0.456 e. The Kier molecular flexibility index (Phi) is 8.36. The minimum Gasteiger partial charge on any atom is -0.456 e. The Morgan fingerprint density at radius 3 is 1.92 bits per heavy atom. The summed E-state index contributed by atoms with van der Waals surface area (Å²) in [5, 5.41) is 7.14. The lowest BCUT2D eigenvalue weighted by molar-refractivity contribution is 0.661. The van der Waals surface area contributed by atoms with E-state index in [-0.39, 0.29) is 5.41 Å². The lowest BCUT2D eigenvalue weighted by atomic mass is 9.81. The van der Waals surface area contributed by atoms with Crippen LogP contribution in [0.3, 0.4) is 0 Å². The third kappa shape index (κ3) is 5.50. The fraction of sp³-hybridized carbons (Fsp3) is 0.0980. The molecule has 0 bridgehead atoms. The highest BCUT2D eigenvalue weighted by Crippen LogP contribution is 2.51. The summed E-state index contributed by atoms with van der Waals surface area (Å²) in [7, 11) is 0. The monoisotopic (exact) mass is 670 g/mol. The second-order valence-electron chi connectivity index (χ2n) is 14.1. The molecule has 1 aliphatic carbocycles. The first-order chi connectivity index (χ1) is 25.3. The second-order valence-corrected chi connectivity index (χ2v) is 14.1. The van der Waals surface area contributed by atoms with Crippen molar-refractivity contribution in [3.63, 3.8) is 0 Å². The van der Waals surface area contributed by atoms with Gasteiger partial charge < -0.3 is 4.42 Å². The van der Waals surface area contributed by atoms with Crippen LogP contribution in [0.5, 0.6) is 0 Å². The molecular weight excluding hydrogens is 629 g/mol. The van der Waals surface area contributed by atoms with Crippen molar-refractivity contribution in [1.29, 1.82) is 0 Å². The van der Waals surface area contributed by atoms with E-state index >= 15 is 0 Å². The Balaban J connectivity index is 1.31. The molecule has 1 heteroatoms. The first-order valence-electron chi connectivity index (χ1n) is 18.0. The molecule has 0 fully saturated rings. The van der Waals surface area contributed by atoms with Crippen LogP contribution < -0.4 is 10.4 Å². The van der Waals surface area contributed by atoms with Gasteiger partial charge in [-0.2, -0.15) is 0 Å². The van der Waals surface area contributed by atoms with E-state index in [9.17, 15) is 0 Å². The van der Waals surface area contributed by atoms with Crippen LogP contribution in [0.2, 0.25) is 0 Å². The Morgan fingerprint density at radius 1 is 0.577 bits per heavy atom. The van der Waals surface area contributed by atoms with E-state index in [0.717, 1.165) is 33.3 Å². The number of allylic oxidation sites excluding steroid dienone is 4. The van der Waals surface area contributed by atoms with E-state index in [1.165, 1.54) is 65.5 Å². The third-order valence-electron chi connectivity index (χ3n) is 10.7. The van der Waals surface area contributed by atoms with Crippen molar-refractivity contribution in [2.75, 3.05) is 0 Å². The third-order valence-corrected chi connectivity index (χ3v) is 10.7. The van der Waals surface area contributed by atoms with Crippen LogP contribution in [-0.2, 0) is 5.41 Å². The molecule has 0 N–H and O–H groups in total. The van der Waals surface area contributed by atoms with Crippen LogP contribution in [0.1, 0.15) is 44.4 Å². The van der Waals surface area contributed by atoms with E-state index in [1.807, 2.05) is 18.2 Å². The highest BCUT2D eigenvalue weighted by atomic mass is 16.3. The lowest BCUT2D eigenvalue weighted by Crippen LogP contribution is -2.27. The molecule has 1 heterocycles. The van der Waals surface area contributed by atoms with Crippen molar-refractivity contribution in [2.45, 2.75) is 33.1 Å². The minimum absolute atomic E-state index is 0.132. The smallest absolute Gasteiger partial charge is 0.136 e. The fourth-order valence-electron chi connectivity index (χ4n) is 8.06. The van der Waals surface area contributed by atoms with Gasteiger partial charge in [0.05, 0.1) is 0 Å². The van der Waals surface area contributed by atoms with Crippen molar-refractivity contribution < 1.29 is 4.42 Å². The molecule has 252 valence electrons. The average molecular weight is 671 g/mol. The Labute approximate surface area is 306 Å². The highest BCUT2D eigenvalue weighted by Gasteiger charge is 2.36. The molecule has 0 aliphatic heterocycles. The predicted octanol–water partition coefficient (Wildman–Crippen LogP) is 12.9. The van der Waals surface area contributed by atoms with Gasteiger partial charge in [-0.1, -0.05) is 148 Å². The molecule has 1 nitrogen and oxygen atoms in total. The summed E-state index contributed by atoms with van der Waals surface area (Å²) < 4.78 is 6.30. The van der Waals surface area contributed by atoms with Crippen LogP contribution in [0.15, 0.2) is 163 Å². The molecule has 6 aromatic carbocycles. The molecule has 0 amide bonds. The molecule has 0 unspecified atom stereocenters. The minimum atomic E-state index is -0.132. The summed E-state index contributed by atoms with van der Waals surface area (Å²) in [6.45, 7) is 17.0. The van der Waals surface area contributed by atoms with Gasteiger partial charge in [0.2, 0.25) is 0 Å². The van der Waals surface area contributed by atoms with Gasteiger partial charge in [0.25, 0.3) is 0 Å². The molecule has 1 aromatic heterocycles. The van der Waals surface area contributed by atoms with E-state index in [4.69, 9.17) is 4.42 Å². The molecule has 52 heavy (non-hydrogen) atoms. The van der Waals surface area contributed by atoms with Gasteiger partial charge >= 0.3 is 0 Å². The summed E-state index contributed by atoms with van der Waals surface area (Å²) in [5.41, 5.74) is 13.8. The van der Waals surface area contributed by atoms with Crippen molar-refractivity contribution in [3.8, 4) is 33.4 Å². The van der Waals surface area contributed by atoms with E-state index in [2.05, 4.69) is 174 Å². The van der Waals surface area contributed by atoms with Gasteiger partial charge in [-0.15, -0.1) is 0 Å². The van der Waals surface area contributed by atoms with Crippen molar-refractivity contribution >= 4 is 50.4 Å². The molecule has 1 aliphatic rings. The molecule has 0 radical (unpaired) electrons. The average Bonchev–Trinajstić information content (AvgIpc) is 3.63. The number of rotatable bonds is 5. The van der Waals surface area contributed by atoms with Crippen molar-refractivity contribution in [3.05, 3.63) is 186 Å². The first-order valence-corrected chi connectivity index (χ1v) is 18.0. The Morgan fingerprint density at radius 2 is 1.21 bits per heavy atom. The van der Waals surface area contributed by atoms with Gasteiger partial charge in [0, 0.05) is 16.2 Å². The second kappa shape index (κ2) is 13.2. The first kappa shape index (κ1) is 33.0. The molecular formula is C51H42O.